The molecule has 0 aromatic carbocycles. The number of carbonyl (C=O) groups excluding carboxylic acids is 1. The van der Waals surface area contributed by atoms with Crippen LogP contribution in [0.4, 0.5) is 0 Å². The molecule has 7 nitrogen and oxygen atoms in total. The zero-order valence-electron chi connectivity index (χ0n) is 15.5. The summed E-state index contributed by atoms with van der Waals surface area (Å²) in [4.78, 5) is 19.2. The van der Waals surface area contributed by atoms with Gasteiger partial charge in [-0.1, -0.05) is 19.0 Å². The van der Waals surface area contributed by atoms with E-state index < -0.39 is 0 Å². The highest BCUT2D eigenvalue weighted by molar-refractivity contribution is 6.06. The minimum atomic E-state index is -0.0888. The number of hydrogen-bond acceptors (Lipinski definition) is 5. The molecule has 7 heteroatoms. The van der Waals surface area contributed by atoms with Crippen molar-refractivity contribution in [1.82, 2.24) is 24.8 Å². The Kier molecular flexibility index (Phi) is 4.32. The second-order valence-corrected chi connectivity index (χ2v) is 6.75. The maximum Gasteiger partial charge on any atom is 0.254 e. The molecule has 0 aliphatic rings. The van der Waals surface area contributed by atoms with Crippen LogP contribution in [0.1, 0.15) is 53.0 Å². The summed E-state index contributed by atoms with van der Waals surface area (Å²) in [6.07, 6.45) is 0. The fourth-order valence-corrected chi connectivity index (χ4v) is 2.93. The fourth-order valence-electron chi connectivity index (χ4n) is 2.93. The first-order chi connectivity index (χ1) is 11.8. The van der Waals surface area contributed by atoms with Crippen molar-refractivity contribution in [1.29, 1.82) is 0 Å². The van der Waals surface area contributed by atoms with Gasteiger partial charge in [-0.25, -0.2) is 4.98 Å². The van der Waals surface area contributed by atoms with Crippen LogP contribution in [-0.4, -0.2) is 37.8 Å². The first-order valence-corrected chi connectivity index (χ1v) is 8.29. The molecule has 0 atom stereocenters. The highest BCUT2D eigenvalue weighted by Crippen LogP contribution is 2.23. The highest BCUT2D eigenvalue weighted by Gasteiger charge is 2.21. The quantitative estimate of drug-likeness (QED) is 0.729. The van der Waals surface area contributed by atoms with E-state index in [2.05, 4.69) is 29.1 Å². The van der Waals surface area contributed by atoms with Gasteiger partial charge in [-0.3, -0.25) is 9.48 Å². The summed E-state index contributed by atoms with van der Waals surface area (Å²) in [6, 6.07) is 3.72. The number of hydrogen-bond donors (Lipinski definition) is 0. The van der Waals surface area contributed by atoms with Gasteiger partial charge < -0.3 is 9.42 Å². The van der Waals surface area contributed by atoms with Crippen LogP contribution in [0.5, 0.6) is 0 Å². The average Bonchev–Trinajstić information content (AvgIpc) is 3.11. The summed E-state index contributed by atoms with van der Waals surface area (Å²) in [7, 11) is 3.59. The van der Waals surface area contributed by atoms with Gasteiger partial charge in [0.2, 0.25) is 0 Å². The first kappa shape index (κ1) is 17.1. The predicted octanol–water partition coefficient (Wildman–Crippen LogP) is 2.97. The van der Waals surface area contributed by atoms with Gasteiger partial charge in [-0.05, 0) is 25.8 Å². The molecule has 25 heavy (non-hydrogen) atoms. The molecule has 132 valence electrons. The van der Waals surface area contributed by atoms with Crippen molar-refractivity contribution in [2.24, 2.45) is 7.05 Å². The smallest absolute Gasteiger partial charge is 0.254 e. The van der Waals surface area contributed by atoms with E-state index >= 15 is 0 Å². The minimum absolute atomic E-state index is 0.0888. The lowest BCUT2D eigenvalue weighted by atomic mass is 10.1. The van der Waals surface area contributed by atoms with Crippen molar-refractivity contribution in [3.63, 3.8) is 0 Å². The van der Waals surface area contributed by atoms with Gasteiger partial charge in [-0.15, -0.1) is 0 Å². The number of amides is 1. The zero-order chi connectivity index (χ0) is 18.3. The van der Waals surface area contributed by atoms with Crippen molar-refractivity contribution >= 4 is 16.9 Å². The molecule has 3 aromatic rings. The van der Waals surface area contributed by atoms with Crippen LogP contribution in [0.3, 0.4) is 0 Å². The van der Waals surface area contributed by atoms with Gasteiger partial charge in [0.25, 0.3) is 5.91 Å². The fraction of sp³-hybridized carbons (Fsp3) is 0.444. The summed E-state index contributed by atoms with van der Waals surface area (Å²) < 4.78 is 7.06. The molecule has 0 aliphatic carbocycles. The van der Waals surface area contributed by atoms with Gasteiger partial charge in [0.1, 0.15) is 0 Å². The van der Waals surface area contributed by atoms with Gasteiger partial charge in [0, 0.05) is 25.9 Å². The third-order valence-corrected chi connectivity index (χ3v) is 4.24. The number of pyridine rings is 1. The number of nitrogens with zero attached hydrogens (tertiary/aromatic N) is 5. The molecular formula is C18H23N5O2. The zero-order valence-corrected chi connectivity index (χ0v) is 15.5. The summed E-state index contributed by atoms with van der Waals surface area (Å²) in [6.45, 7) is 8.24. The first-order valence-electron chi connectivity index (χ1n) is 8.29. The second kappa shape index (κ2) is 6.31. The Bertz CT molecular complexity index is 938. The van der Waals surface area contributed by atoms with Gasteiger partial charge in [0.15, 0.2) is 11.4 Å². The maximum absolute atomic E-state index is 13.0. The molecule has 0 saturated heterocycles. The number of rotatable bonds is 4. The Balaban J connectivity index is 1.93. The maximum atomic E-state index is 13.0. The van der Waals surface area contributed by atoms with E-state index in [4.69, 9.17) is 4.52 Å². The molecule has 3 rings (SSSR count). The number of aryl methyl sites for hydroxylation is 3. The molecule has 0 spiro atoms. The normalized spacial score (nSPS) is 11.5. The van der Waals surface area contributed by atoms with Crippen LogP contribution in [0.2, 0.25) is 0 Å². The Morgan fingerprint density at radius 1 is 1.32 bits per heavy atom. The number of aromatic nitrogens is 4. The van der Waals surface area contributed by atoms with E-state index in [-0.39, 0.29) is 5.91 Å². The van der Waals surface area contributed by atoms with Crippen LogP contribution < -0.4 is 0 Å². The lowest BCUT2D eigenvalue weighted by Gasteiger charge is -2.16. The Labute approximate surface area is 146 Å². The van der Waals surface area contributed by atoms with Crippen LogP contribution in [-0.2, 0) is 13.6 Å². The van der Waals surface area contributed by atoms with Crippen LogP contribution >= 0.6 is 0 Å². The third-order valence-electron chi connectivity index (χ3n) is 4.24. The Hall–Kier alpha value is -2.70. The SMILES string of the molecule is Cc1cc(C(=O)N(C)Cc2cc(C(C)C)no2)c2c(C)nn(C)c2n1. The van der Waals surface area contributed by atoms with Gasteiger partial charge >= 0.3 is 0 Å². The van der Waals surface area contributed by atoms with Crippen molar-refractivity contribution in [3.05, 3.63) is 40.5 Å². The molecule has 0 fully saturated rings. The van der Waals surface area contributed by atoms with E-state index in [0.717, 1.165) is 28.1 Å². The van der Waals surface area contributed by atoms with Gasteiger partial charge in [-0.2, -0.15) is 5.10 Å². The van der Waals surface area contributed by atoms with Gasteiger partial charge in [0.05, 0.1) is 28.9 Å². The van der Waals surface area contributed by atoms with Crippen molar-refractivity contribution < 1.29 is 9.32 Å². The largest absolute Gasteiger partial charge is 0.359 e. The molecule has 0 N–H and O–H groups in total. The number of fused-ring (bicyclic) bond motifs is 1. The predicted molar refractivity (Wildman–Crippen MR) is 94.4 cm³/mol. The van der Waals surface area contributed by atoms with Crippen molar-refractivity contribution in [2.75, 3.05) is 7.05 Å². The topological polar surface area (TPSA) is 77.0 Å². The lowest BCUT2D eigenvalue weighted by molar-refractivity contribution is 0.0774. The van der Waals surface area contributed by atoms with E-state index in [9.17, 15) is 4.79 Å². The number of carbonyl (C=O) groups is 1. The van der Waals surface area contributed by atoms with E-state index in [1.165, 1.54) is 0 Å². The molecule has 0 saturated carbocycles. The summed E-state index contributed by atoms with van der Waals surface area (Å²) in [5, 5.41) is 9.24. The van der Waals surface area contributed by atoms with E-state index in [0.29, 0.717) is 23.8 Å². The molecule has 3 heterocycles. The molecular weight excluding hydrogens is 318 g/mol. The molecule has 0 radical (unpaired) electrons. The molecule has 0 aliphatic heterocycles. The minimum Gasteiger partial charge on any atom is -0.359 e. The average molecular weight is 341 g/mol. The van der Waals surface area contributed by atoms with E-state index in [1.54, 1.807) is 16.6 Å². The summed E-state index contributed by atoms with van der Waals surface area (Å²) in [5.41, 5.74) is 3.80. The second-order valence-electron chi connectivity index (χ2n) is 6.75. The molecule has 0 bridgehead atoms. The van der Waals surface area contributed by atoms with Crippen LogP contribution in [0.25, 0.3) is 11.0 Å². The van der Waals surface area contributed by atoms with Crippen molar-refractivity contribution in [3.8, 4) is 0 Å². The van der Waals surface area contributed by atoms with E-state index in [1.807, 2.05) is 33.0 Å². The summed E-state index contributed by atoms with van der Waals surface area (Å²) >= 11 is 0. The van der Waals surface area contributed by atoms with Crippen molar-refractivity contribution in [2.45, 2.75) is 40.2 Å². The Morgan fingerprint density at radius 3 is 2.68 bits per heavy atom. The molecule has 1 amide bonds. The lowest BCUT2D eigenvalue weighted by Crippen LogP contribution is -2.26. The monoisotopic (exact) mass is 341 g/mol. The van der Waals surface area contributed by atoms with Crippen LogP contribution in [0, 0.1) is 13.8 Å². The summed E-state index contributed by atoms with van der Waals surface area (Å²) in [5.74, 6) is 0.873. The third kappa shape index (κ3) is 3.14. The molecule has 3 aromatic heterocycles. The highest BCUT2D eigenvalue weighted by atomic mass is 16.5. The molecule has 0 unspecified atom stereocenters. The van der Waals surface area contributed by atoms with Crippen LogP contribution in [0.15, 0.2) is 16.7 Å². The Morgan fingerprint density at radius 2 is 2.04 bits per heavy atom. The standard InChI is InChI=1S/C18H23N5O2/c1-10(2)15-8-13(25-21-15)9-22(5)18(24)14-7-11(3)19-17-16(14)12(4)20-23(17)6/h7-8,10H,9H2,1-6H3.